The number of hydrogen-bond acceptors (Lipinski definition) is 5. The monoisotopic (exact) mass is 285 g/mol. The maximum absolute atomic E-state index is 11.9. The van der Waals surface area contributed by atoms with E-state index in [4.69, 9.17) is 10.5 Å². The van der Waals surface area contributed by atoms with Crippen molar-refractivity contribution in [2.75, 3.05) is 33.3 Å². The first-order valence-corrected chi connectivity index (χ1v) is 7.51. The number of hydrogen-bond donors (Lipinski definition) is 1. The third kappa shape index (κ3) is 4.17. The molecule has 0 saturated carbocycles. The lowest BCUT2D eigenvalue weighted by Crippen LogP contribution is -2.61. The van der Waals surface area contributed by atoms with E-state index in [1.807, 2.05) is 0 Å². The molecule has 0 aromatic carbocycles. The Balaban J connectivity index is 2.62. The molecule has 0 aromatic heterocycles. The summed E-state index contributed by atoms with van der Waals surface area (Å²) in [6.07, 6.45) is 0.617. The van der Waals surface area contributed by atoms with Gasteiger partial charge >= 0.3 is 5.97 Å². The van der Waals surface area contributed by atoms with Crippen LogP contribution in [0.3, 0.4) is 0 Å². The fourth-order valence-corrected chi connectivity index (χ4v) is 2.78. The van der Waals surface area contributed by atoms with Crippen molar-refractivity contribution in [1.82, 2.24) is 9.80 Å². The van der Waals surface area contributed by atoms with E-state index in [1.54, 1.807) is 13.8 Å². The molecule has 0 bridgehead atoms. The van der Waals surface area contributed by atoms with Gasteiger partial charge in [0.2, 0.25) is 0 Å². The molecule has 1 aliphatic rings. The first-order valence-electron chi connectivity index (χ1n) is 7.51. The Hall–Kier alpha value is -0.650. The molecule has 0 spiro atoms. The van der Waals surface area contributed by atoms with Gasteiger partial charge in [0, 0.05) is 31.2 Å². The van der Waals surface area contributed by atoms with E-state index < -0.39 is 5.54 Å². The van der Waals surface area contributed by atoms with Crippen LogP contribution in [0.25, 0.3) is 0 Å². The first-order chi connectivity index (χ1) is 9.10. The topological polar surface area (TPSA) is 58.8 Å². The molecule has 0 aliphatic carbocycles. The van der Waals surface area contributed by atoms with Crippen molar-refractivity contribution in [3.05, 3.63) is 0 Å². The van der Waals surface area contributed by atoms with Gasteiger partial charge < -0.3 is 10.5 Å². The van der Waals surface area contributed by atoms with Crippen LogP contribution in [0.4, 0.5) is 0 Å². The van der Waals surface area contributed by atoms with Crippen LogP contribution in [-0.4, -0.2) is 66.2 Å². The fourth-order valence-electron chi connectivity index (χ4n) is 2.78. The zero-order chi connectivity index (χ0) is 15.6. The van der Waals surface area contributed by atoms with Gasteiger partial charge in [-0.15, -0.1) is 0 Å². The van der Waals surface area contributed by atoms with E-state index >= 15 is 0 Å². The van der Waals surface area contributed by atoms with E-state index in [0.717, 1.165) is 19.6 Å². The molecular formula is C15H31N3O2. The van der Waals surface area contributed by atoms with Crippen LogP contribution in [0.5, 0.6) is 0 Å². The molecule has 2 atom stereocenters. The van der Waals surface area contributed by atoms with Crippen LogP contribution < -0.4 is 5.73 Å². The van der Waals surface area contributed by atoms with Gasteiger partial charge in [0.15, 0.2) is 0 Å². The van der Waals surface area contributed by atoms with Gasteiger partial charge in [0.05, 0.1) is 6.61 Å². The number of carbonyl (C=O) groups excluding carboxylic acids is 1. The Morgan fingerprint density at radius 2 is 2.05 bits per heavy atom. The van der Waals surface area contributed by atoms with E-state index in [2.05, 4.69) is 37.6 Å². The number of carbonyl (C=O) groups is 1. The highest BCUT2D eigenvalue weighted by atomic mass is 16.5. The summed E-state index contributed by atoms with van der Waals surface area (Å²) in [4.78, 5) is 16.7. The average Bonchev–Trinajstić information content (AvgIpc) is 2.32. The summed E-state index contributed by atoms with van der Waals surface area (Å²) in [7, 11) is 2.16. The predicted molar refractivity (Wildman–Crippen MR) is 81.6 cm³/mol. The minimum absolute atomic E-state index is 0.154. The first kappa shape index (κ1) is 17.4. The lowest BCUT2D eigenvalue weighted by Gasteiger charge is -2.48. The van der Waals surface area contributed by atoms with E-state index in [9.17, 15) is 4.79 Å². The largest absolute Gasteiger partial charge is 0.465 e. The number of rotatable bonds is 5. The molecule has 0 aromatic rings. The zero-order valence-corrected chi connectivity index (χ0v) is 13.9. The minimum Gasteiger partial charge on any atom is -0.465 e. The van der Waals surface area contributed by atoms with Crippen LogP contribution in [0.1, 0.15) is 41.0 Å². The van der Waals surface area contributed by atoms with Gasteiger partial charge in [-0.25, -0.2) is 0 Å². The molecule has 5 heteroatoms. The number of piperazine rings is 1. The Bertz CT molecular complexity index is 342. The predicted octanol–water partition coefficient (Wildman–Crippen LogP) is 1.07. The molecule has 1 rings (SSSR count). The molecule has 1 fully saturated rings. The van der Waals surface area contributed by atoms with Crippen LogP contribution in [0.2, 0.25) is 0 Å². The van der Waals surface area contributed by atoms with Gasteiger partial charge in [0.25, 0.3) is 0 Å². The smallest absolute Gasteiger partial charge is 0.325 e. The summed E-state index contributed by atoms with van der Waals surface area (Å²) < 4.78 is 5.06. The molecule has 2 N–H and O–H groups in total. The van der Waals surface area contributed by atoms with E-state index in [0.29, 0.717) is 13.0 Å². The number of ether oxygens (including phenoxy) is 1. The number of likely N-dealkylation sites (N-methyl/N-ethyl adjacent to an activating group) is 1. The van der Waals surface area contributed by atoms with Crippen molar-refractivity contribution in [2.45, 2.75) is 58.2 Å². The molecule has 2 unspecified atom stereocenters. The van der Waals surface area contributed by atoms with Gasteiger partial charge in [-0.2, -0.15) is 0 Å². The summed E-state index contributed by atoms with van der Waals surface area (Å²) in [6.45, 7) is 13.6. The van der Waals surface area contributed by atoms with Crippen molar-refractivity contribution < 1.29 is 9.53 Å². The van der Waals surface area contributed by atoms with E-state index in [-0.39, 0.29) is 17.6 Å². The SMILES string of the molecule is CCOC(=O)C(C)(N)CC(C)N1CCN(C)C(C)(C)C1. The van der Waals surface area contributed by atoms with Crippen molar-refractivity contribution in [3.63, 3.8) is 0 Å². The second-order valence-corrected chi connectivity index (χ2v) is 6.90. The van der Waals surface area contributed by atoms with Crippen LogP contribution in [0.15, 0.2) is 0 Å². The van der Waals surface area contributed by atoms with E-state index in [1.165, 1.54) is 0 Å². The summed E-state index contributed by atoms with van der Waals surface area (Å²) in [5.74, 6) is -0.305. The van der Waals surface area contributed by atoms with Crippen molar-refractivity contribution >= 4 is 5.97 Å². The molecule has 5 nitrogen and oxygen atoms in total. The highest BCUT2D eigenvalue weighted by Gasteiger charge is 2.37. The normalized spacial score (nSPS) is 24.9. The Morgan fingerprint density at radius 3 is 2.55 bits per heavy atom. The molecule has 0 radical (unpaired) electrons. The zero-order valence-electron chi connectivity index (χ0n) is 13.9. The maximum atomic E-state index is 11.9. The molecule has 0 amide bonds. The molecule has 1 saturated heterocycles. The minimum atomic E-state index is -0.914. The third-order valence-electron chi connectivity index (χ3n) is 4.43. The molecule has 20 heavy (non-hydrogen) atoms. The molecular weight excluding hydrogens is 254 g/mol. The second-order valence-electron chi connectivity index (χ2n) is 6.90. The average molecular weight is 285 g/mol. The Morgan fingerprint density at radius 1 is 1.45 bits per heavy atom. The maximum Gasteiger partial charge on any atom is 0.325 e. The summed E-state index contributed by atoms with van der Waals surface area (Å²) in [5, 5.41) is 0. The van der Waals surface area contributed by atoms with Gasteiger partial charge in [0.1, 0.15) is 5.54 Å². The molecule has 1 aliphatic heterocycles. The summed E-state index contributed by atoms with van der Waals surface area (Å²) >= 11 is 0. The second kappa shape index (κ2) is 6.41. The van der Waals surface area contributed by atoms with Crippen molar-refractivity contribution in [3.8, 4) is 0 Å². The number of nitrogens with zero attached hydrogens (tertiary/aromatic N) is 2. The van der Waals surface area contributed by atoms with Crippen molar-refractivity contribution in [1.29, 1.82) is 0 Å². The molecule has 1 heterocycles. The lowest BCUT2D eigenvalue weighted by molar-refractivity contribution is -0.149. The lowest BCUT2D eigenvalue weighted by atomic mass is 9.91. The van der Waals surface area contributed by atoms with Crippen LogP contribution in [0, 0.1) is 0 Å². The van der Waals surface area contributed by atoms with Crippen LogP contribution in [-0.2, 0) is 9.53 Å². The number of nitrogens with two attached hydrogens (primary N) is 1. The summed E-state index contributed by atoms with van der Waals surface area (Å²) in [6, 6.07) is 0.266. The fraction of sp³-hybridized carbons (Fsp3) is 0.933. The van der Waals surface area contributed by atoms with Gasteiger partial charge in [-0.3, -0.25) is 14.6 Å². The third-order valence-corrected chi connectivity index (χ3v) is 4.43. The standard InChI is InChI=1S/C15H31N3O2/c1-7-20-13(19)15(5,16)10-12(2)18-9-8-17(6)14(3,4)11-18/h12H,7-11,16H2,1-6H3. The highest BCUT2D eigenvalue weighted by molar-refractivity contribution is 5.80. The number of esters is 1. The quantitative estimate of drug-likeness (QED) is 0.766. The van der Waals surface area contributed by atoms with Gasteiger partial charge in [-0.1, -0.05) is 0 Å². The van der Waals surface area contributed by atoms with Crippen LogP contribution >= 0.6 is 0 Å². The Kier molecular flexibility index (Phi) is 5.58. The summed E-state index contributed by atoms with van der Waals surface area (Å²) in [5.41, 5.74) is 5.38. The van der Waals surface area contributed by atoms with Crippen molar-refractivity contribution in [2.24, 2.45) is 5.73 Å². The highest BCUT2D eigenvalue weighted by Crippen LogP contribution is 2.23. The Labute approximate surface area is 123 Å². The van der Waals surface area contributed by atoms with Gasteiger partial charge in [-0.05, 0) is 48.1 Å². The molecule has 118 valence electrons.